The third-order valence-corrected chi connectivity index (χ3v) is 5.23. The molecule has 0 bridgehead atoms. The first-order valence-electron chi connectivity index (χ1n) is 8.89. The number of hydrazone groups is 2. The number of halogens is 4. The van der Waals surface area contributed by atoms with Crippen LogP contribution in [0.5, 0.6) is 0 Å². The first-order valence-corrected chi connectivity index (χ1v) is 10.4. The second-order valence-corrected chi connectivity index (χ2v) is 7.77. The molecule has 0 saturated carbocycles. The van der Waals surface area contributed by atoms with E-state index in [1.807, 2.05) is 0 Å². The van der Waals surface area contributed by atoms with Crippen molar-refractivity contribution >= 4 is 70.6 Å². The molecule has 0 fully saturated rings. The molecule has 0 aromatic heterocycles. The minimum absolute atomic E-state index is 0.246. The second-order valence-electron chi connectivity index (χ2n) is 6.14. The minimum Gasteiger partial charge on any atom is -0.273 e. The van der Waals surface area contributed by atoms with E-state index in [-0.39, 0.29) is 24.7 Å². The van der Waals surface area contributed by atoms with Crippen LogP contribution in [0.4, 0.5) is 0 Å². The summed E-state index contributed by atoms with van der Waals surface area (Å²) in [6, 6.07) is 10.0. The molecule has 2 amide bonds. The summed E-state index contributed by atoms with van der Waals surface area (Å²) in [6.45, 7) is 0. The lowest BCUT2D eigenvalue weighted by molar-refractivity contribution is -0.123. The molecule has 0 radical (unpaired) electrons. The molecule has 2 aromatic rings. The van der Waals surface area contributed by atoms with E-state index in [0.29, 0.717) is 44.1 Å². The fourth-order valence-electron chi connectivity index (χ4n) is 2.23. The van der Waals surface area contributed by atoms with Gasteiger partial charge in [-0.15, -0.1) is 0 Å². The predicted octanol–water partition coefficient (Wildman–Crippen LogP) is 5.46. The summed E-state index contributed by atoms with van der Waals surface area (Å²) in [5, 5.41) is 9.44. The van der Waals surface area contributed by atoms with E-state index in [0.717, 1.165) is 0 Å². The van der Waals surface area contributed by atoms with Gasteiger partial charge in [-0.1, -0.05) is 58.5 Å². The van der Waals surface area contributed by atoms with Crippen LogP contribution in [-0.4, -0.2) is 24.2 Å². The predicted molar refractivity (Wildman–Crippen MR) is 123 cm³/mol. The number of hydrogen-bond acceptors (Lipinski definition) is 4. The van der Waals surface area contributed by atoms with Crippen LogP contribution in [0.1, 0.15) is 36.8 Å². The molecule has 2 aromatic carbocycles. The van der Waals surface area contributed by atoms with Crippen molar-refractivity contribution in [1.82, 2.24) is 10.9 Å². The molecule has 0 saturated heterocycles. The van der Waals surface area contributed by atoms with Gasteiger partial charge in [0.05, 0.1) is 32.5 Å². The lowest BCUT2D eigenvalue weighted by Crippen LogP contribution is -2.19. The highest BCUT2D eigenvalue weighted by Gasteiger charge is 2.04. The summed E-state index contributed by atoms with van der Waals surface area (Å²) < 4.78 is 0. The molecular weight excluding hydrogens is 470 g/mol. The Morgan fingerprint density at radius 3 is 1.47 bits per heavy atom. The average Bonchev–Trinajstić information content (AvgIpc) is 2.71. The smallest absolute Gasteiger partial charge is 0.240 e. The van der Waals surface area contributed by atoms with Crippen molar-refractivity contribution in [2.45, 2.75) is 25.7 Å². The van der Waals surface area contributed by atoms with Crippen molar-refractivity contribution in [2.75, 3.05) is 0 Å². The lowest BCUT2D eigenvalue weighted by Gasteiger charge is -2.02. The molecule has 0 unspecified atom stereocenters. The first kappa shape index (κ1) is 24.2. The van der Waals surface area contributed by atoms with Gasteiger partial charge in [-0.05, 0) is 48.2 Å². The molecule has 0 spiro atoms. The Kier molecular flexibility index (Phi) is 10.1. The van der Waals surface area contributed by atoms with Crippen LogP contribution in [0.3, 0.4) is 0 Å². The highest BCUT2D eigenvalue weighted by atomic mass is 35.5. The van der Waals surface area contributed by atoms with E-state index in [1.165, 1.54) is 12.4 Å². The molecule has 0 heterocycles. The van der Waals surface area contributed by atoms with Crippen LogP contribution in [-0.2, 0) is 9.59 Å². The topological polar surface area (TPSA) is 82.9 Å². The molecule has 0 aliphatic carbocycles. The van der Waals surface area contributed by atoms with E-state index < -0.39 is 0 Å². The van der Waals surface area contributed by atoms with Gasteiger partial charge in [0.25, 0.3) is 0 Å². The number of rotatable bonds is 9. The normalized spacial score (nSPS) is 11.2. The van der Waals surface area contributed by atoms with Crippen molar-refractivity contribution < 1.29 is 9.59 Å². The second kappa shape index (κ2) is 12.5. The number of unbranched alkanes of at least 4 members (excludes halogenated alkanes) is 1. The Labute approximate surface area is 194 Å². The molecule has 158 valence electrons. The number of hydrogen-bond donors (Lipinski definition) is 2. The number of nitrogens with one attached hydrogen (secondary N) is 2. The Morgan fingerprint density at radius 2 is 1.10 bits per heavy atom. The fourth-order valence-corrected chi connectivity index (χ4v) is 2.84. The van der Waals surface area contributed by atoms with Crippen LogP contribution in [0.2, 0.25) is 20.1 Å². The number of carbonyl (C=O) groups excluding carboxylic acids is 2. The van der Waals surface area contributed by atoms with Gasteiger partial charge < -0.3 is 0 Å². The number of benzene rings is 2. The van der Waals surface area contributed by atoms with E-state index in [9.17, 15) is 9.59 Å². The van der Waals surface area contributed by atoms with E-state index in [4.69, 9.17) is 46.4 Å². The van der Waals surface area contributed by atoms with Crippen LogP contribution in [0.15, 0.2) is 46.6 Å². The summed E-state index contributed by atoms with van der Waals surface area (Å²) in [7, 11) is 0. The molecule has 10 heteroatoms. The quantitative estimate of drug-likeness (QED) is 0.279. The molecule has 0 atom stereocenters. The van der Waals surface area contributed by atoms with Gasteiger partial charge in [0.2, 0.25) is 11.8 Å². The third-order valence-electron chi connectivity index (χ3n) is 3.75. The van der Waals surface area contributed by atoms with Crippen LogP contribution < -0.4 is 10.9 Å². The maximum Gasteiger partial charge on any atom is 0.240 e. The standard InChI is InChI=1S/C20H18Cl4N4O2/c21-15-7-5-13(9-17(15)23)11-25-27-19(29)3-1-2-4-20(30)28-26-12-14-6-8-16(22)18(24)10-14/h5-12H,1-4H2,(H,27,29)(H,28,30)/b25-11+,26-12+. The van der Waals surface area contributed by atoms with Crippen LogP contribution >= 0.6 is 46.4 Å². The van der Waals surface area contributed by atoms with E-state index in [1.54, 1.807) is 36.4 Å². The molecule has 0 aliphatic heterocycles. The molecule has 2 N–H and O–H groups in total. The van der Waals surface area contributed by atoms with Crippen LogP contribution in [0, 0.1) is 0 Å². The molecule has 2 rings (SSSR count). The highest BCUT2D eigenvalue weighted by Crippen LogP contribution is 2.22. The van der Waals surface area contributed by atoms with E-state index in [2.05, 4.69) is 21.1 Å². The fraction of sp³-hybridized carbons (Fsp3) is 0.200. The van der Waals surface area contributed by atoms with Gasteiger partial charge in [0.1, 0.15) is 0 Å². The Bertz CT molecular complexity index is 886. The van der Waals surface area contributed by atoms with Gasteiger partial charge in [-0.25, -0.2) is 10.9 Å². The van der Waals surface area contributed by atoms with Gasteiger partial charge in [-0.3, -0.25) is 9.59 Å². The number of nitrogens with zero attached hydrogens (tertiary/aromatic N) is 2. The largest absolute Gasteiger partial charge is 0.273 e. The van der Waals surface area contributed by atoms with Gasteiger partial charge in [0.15, 0.2) is 0 Å². The maximum absolute atomic E-state index is 11.8. The van der Waals surface area contributed by atoms with Crippen molar-refractivity contribution in [3.8, 4) is 0 Å². The molecule has 0 aliphatic rings. The average molecular weight is 488 g/mol. The zero-order valence-electron chi connectivity index (χ0n) is 15.7. The van der Waals surface area contributed by atoms with Crippen molar-refractivity contribution in [3.05, 3.63) is 67.6 Å². The Morgan fingerprint density at radius 1 is 0.700 bits per heavy atom. The van der Waals surface area contributed by atoms with Crippen molar-refractivity contribution in [1.29, 1.82) is 0 Å². The summed E-state index contributed by atoms with van der Waals surface area (Å²) in [5.41, 5.74) is 6.27. The summed E-state index contributed by atoms with van der Waals surface area (Å²) in [5.74, 6) is -0.492. The Hall–Kier alpha value is -2.12. The highest BCUT2D eigenvalue weighted by molar-refractivity contribution is 6.42. The van der Waals surface area contributed by atoms with Crippen molar-refractivity contribution in [2.24, 2.45) is 10.2 Å². The van der Waals surface area contributed by atoms with E-state index >= 15 is 0 Å². The SMILES string of the molecule is O=C(CCCCC(=O)N/N=C/c1ccc(Cl)c(Cl)c1)N/N=C/c1ccc(Cl)c(Cl)c1. The van der Waals surface area contributed by atoms with Gasteiger partial charge in [0, 0.05) is 12.8 Å². The maximum atomic E-state index is 11.8. The monoisotopic (exact) mass is 486 g/mol. The number of carbonyl (C=O) groups is 2. The van der Waals surface area contributed by atoms with Gasteiger partial charge in [-0.2, -0.15) is 10.2 Å². The number of amides is 2. The minimum atomic E-state index is -0.246. The molecule has 30 heavy (non-hydrogen) atoms. The van der Waals surface area contributed by atoms with Gasteiger partial charge >= 0.3 is 0 Å². The van der Waals surface area contributed by atoms with Crippen molar-refractivity contribution in [3.63, 3.8) is 0 Å². The molecular formula is C20H18Cl4N4O2. The Balaban J connectivity index is 1.61. The molecule has 6 nitrogen and oxygen atoms in total. The van der Waals surface area contributed by atoms with Crippen LogP contribution in [0.25, 0.3) is 0 Å². The zero-order chi connectivity index (χ0) is 21.9. The lowest BCUT2D eigenvalue weighted by atomic mass is 10.2. The summed E-state index contributed by atoms with van der Waals surface area (Å²) in [4.78, 5) is 23.5. The zero-order valence-corrected chi connectivity index (χ0v) is 18.7. The first-order chi connectivity index (χ1) is 14.3. The summed E-state index contributed by atoms with van der Waals surface area (Å²) in [6.07, 6.45) is 4.52. The summed E-state index contributed by atoms with van der Waals surface area (Å²) >= 11 is 23.5. The third kappa shape index (κ3) is 8.71.